The van der Waals surface area contributed by atoms with Crippen LogP contribution >= 0.6 is 0 Å². The first kappa shape index (κ1) is 15.1. The molecule has 1 aromatic heterocycles. The third kappa shape index (κ3) is 4.74. The van der Waals surface area contributed by atoms with E-state index in [0.29, 0.717) is 6.61 Å². The summed E-state index contributed by atoms with van der Waals surface area (Å²) in [5.74, 6) is 0. The van der Waals surface area contributed by atoms with E-state index in [-0.39, 0.29) is 6.04 Å². The zero-order valence-corrected chi connectivity index (χ0v) is 11.9. The van der Waals surface area contributed by atoms with Gasteiger partial charge >= 0.3 is 0 Å². The molecule has 0 amide bonds. The zero-order valence-electron chi connectivity index (χ0n) is 11.9. The largest absolute Gasteiger partial charge is 0.379 e. The van der Waals surface area contributed by atoms with Gasteiger partial charge in [-0.15, -0.1) is 5.10 Å². The van der Waals surface area contributed by atoms with Gasteiger partial charge in [-0.2, -0.15) is 0 Å². The molecule has 1 aromatic rings. The van der Waals surface area contributed by atoms with Crippen LogP contribution in [0, 0.1) is 0 Å². The van der Waals surface area contributed by atoms with Crippen LogP contribution in [-0.4, -0.2) is 34.8 Å². The molecule has 0 bridgehead atoms. The average Bonchev–Trinajstić information content (AvgIpc) is 2.82. The van der Waals surface area contributed by atoms with Crippen LogP contribution < -0.4 is 5.32 Å². The fourth-order valence-electron chi connectivity index (χ4n) is 1.83. The van der Waals surface area contributed by atoms with Gasteiger partial charge in [0.2, 0.25) is 0 Å². The Morgan fingerprint density at radius 3 is 2.78 bits per heavy atom. The maximum absolute atomic E-state index is 5.67. The summed E-state index contributed by atoms with van der Waals surface area (Å²) in [6.45, 7) is 9.82. The summed E-state index contributed by atoms with van der Waals surface area (Å²) in [6.07, 6.45) is 5.07. The molecule has 1 heterocycles. The molecule has 0 aliphatic carbocycles. The van der Waals surface area contributed by atoms with E-state index >= 15 is 0 Å². The Morgan fingerprint density at radius 1 is 1.28 bits per heavy atom. The summed E-state index contributed by atoms with van der Waals surface area (Å²) in [5.41, 5.74) is 1.13. The van der Waals surface area contributed by atoms with Gasteiger partial charge in [0.1, 0.15) is 0 Å². The van der Waals surface area contributed by atoms with Crippen molar-refractivity contribution in [1.29, 1.82) is 0 Å². The number of nitrogens with zero attached hydrogens (tertiary/aromatic N) is 3. The Kier molecular flexibility index (Phi) is 7.60. The van der Waals surface area contributed by atoms with Gasteiger partial charge in [-0.1, -0.05) is 26.0 Å². The minimum atomic E-state index is 0.193. The molecule has 0 radical (unpaired) electrons. The van der Waals surface area contributed by atoms with Crippen LogP contribution in [0.25, 0.3) is 0 Å². The molecule has 0 aliphatic rings. The van der Waals surface area contributed by atoms with Gasteiger partial charge in [0.05, 0.1) is 24.5 Å². The molecule has 18 heavy (non-hydrogen) atoms. The highest BCUT2D eigenvalue weighted by Crippen LogP contribution is 2.12. The number of aryl methyl sites for hydroxylation is 1. The number of nitrogens with one attached hydrogen (secondary N) is 1. The predicted molar refractivity (Wildman–Crippen MR) is 72.5 cm³/mol. The molecule has 104 valence electrons. The third-order valence-electron chi connectivity index (χ3n) is 2.71. The lowest BCUT2D eigenvalue weighted by molar-refractivity contribution is 0.109. The highest BCUT2D eigenvalue weighted by molar-refractivity contribution is 5.02. The van der Waals surface area contributed by atoms with Crippen molar-refractivity contribution in [1.82, 2.24) is 20.3 Å². The normalized spacial score (nSPS) is 12.8. The van der Waals surface area contributed by atoms with Gasteiger partial charge in [0, 0.05) is 13.2 Å². The van der Waals surface area contributed by atoms with Crippen molar-refractivity contribution >= 4 is 0 Å². The number of hydrogen-bond acceptors (Lipinski definition) is 4. The van der Waals surface area contributed by atoms with Crippen molar-refractivity contribution in [3.8, 4) is 0 Å². The maximum atomic E-state index is 5.67. The summed E-state index contributed by atoms with van der Waals surface area (Å²) in [4.78, 5) is 0. The molecule has 1 rings (SSSR count). The molecular weight excluding hydrogens is 228 g/mol. The minimum Gasteiger partial charge on any atom is -0.379 e. The molecule has 0 saturated carbocycles. The lowest BCUT2D eigenvalue weighted by Crippen LogP contribution is -2.29. The van der Waals surface area contributed by atoms with E-state index < -0.39 is 0 Å². The number of ether oxygens (including phenoxy) is 1. The molecule has 1 unspecified atom stereocenters. The molecule has 0 aromatic carbocycles. The molecule has 0 fully saturated rings. The second-order valence-corrected chi connectivity index (χ2v) is 4.46. The fraction of sp³-hybridized carbons (Fsp3) is 0.846. The second kappa shape index (κ2) is 9.05. The van der Waals surface area contributed by atoms with Crippen molar-refractivity contribution in [3.63, 3.8) is 0 Å². The minimum absolute atomic E-state index is 0.193. The predicted octanol–water partition coefficient (Wildman–Crippen LogP) is 2.16. The first-order chi connectivity index (χ1) is 8.83. The van der Waals surface area contributed by atoms with Crippen molar-refractivity contribution in [2.24, 2.45) is 0 Å². The average molecular weight is 254 g/mol. The van der Waals surface area contributed by atoms with E-state index in [1.165, 1.54) is 0 Å². The van der Waals surface area contributed by atoms with Gasteiger partial charge in [-0.3, -0.25) is 0 Å². The van der Waals surface area contributed by atoms with Gasteiger partial charge in [0.25, 0.3) is 0 Å². The molecule has 5 heteroatoms. The van der Waals surface area contributed by atoms with E-state index in [9.17, 15) is 0 Å². The van der Waals surface area contributed by atoms with Crippen LogP contribution in [-0.2, 0) is 11.3 Å². The van der Waals surface area contributed by atoms with E-state index in [0.717, 1.165) is 44.7 Å². The Balaban J connectivity index is 2.63. The standard InChI is InChI=1S/C13H26N4O/c1-4-7-14-12(11-18-9-6-3)13-10-15-16-17(13)8-5-2/h10,12,14H,4-9,11H2,1-3H3. The van der Waals surface area contributed by atoms with Crippen LogP contribution in [0.5, 0.6) is 0 Å². The van der Waals surface area contributed by atoms with Crippen LogP contribution in [0.1, 0.15) is 51.8 Å². The van der Waals surface area contributed by atoms with Gasteiger partial charge in [0.15, 0.2) is 0 Å². The van der Waals surface area contributed by atoms with Crippen LogP contribution in [0.4, 0.5) is 0 Å². The molecule has 1 N–H and O–H groups in total. The molecule has 5 nitrogen and oxygen atoms in total. The smallest absolute Gasteiger partial charge is 0.0780 e. The van der Waals surface area contributed by atoms with Gasteiger partial charge < -0.3 is 10.1 Å². The SMILES string of the molecule is CCCNC(COCCC)c1cnnn1CCC. The van der Waals surface area contributed by atoms with Gasteiger partial charge in [-0.25, -0.2) is 4.68 Å². The van der Waals surface area contributed by atoms with Crippen molar-refractivity contribution in [3.05, 3.63) is 11.9 Å². The summed E-state index contributed by atoms with van der Waals surface area (Å²) in [7, 11) is 0. The monoisotopic (exact) mass is 254 g/mol. The topological polar surface area (TPSA) is 52.0 Å². The Morgan fingerprint density at radius 2 is 2.11 bits per heavy atom. The summed E-state index contributed by atoms with van der Waals surface area (Å²) in [6, 6.07) is 0.193. The zero-order chi connectivity index (χ0) is 13.2. The van der Waals surface area contributed by atoms with Gasteiger partial charge in [-0.05, 0) is 25.8 Å². The molecule has 0 spiro atoms. The lowest BCUT2D eigenvalue weighted by Gasteiger charge is -2.19. The Bertz CT molecular complexity index is 314. The van der Waals surface area contributed by atoms with E-state index in [1.54, 1.807) is 0 Å². The lowest BCUT2D eigenvalue weighted by atomic mass is 10.2. The fourth-order valence-corrected chi connectivity index (χ4v) is 1.83. The number of aromatic nitrogens is 3. The summed E-state index contributed by atoms with van der Waals surface area (Å²) >= 11 is 0. The number of hydrogen-bond donors (Lipinski definition) is 1. The van der Waals surface area contributed by atoms with Crippen LogP contribution in [0.2, 0.25) is 0 Å². The Hall–Kier alpha value is -0.940. The second-order valence-electron chi connectivity index (χ2n) is 4.46. The summed E-state index contributed by atoms with van der Waals surface area (Å²) < 4.78 is 7.64. The third-order valence-corrected chi connectivity index (χ3v) is 2.71. The van der Waals surface area contributed by atoms with Crippen molar-refractivity contribution in [2.45, 2.75) is 52.6 Å². The molecular formula is C13H26N4O. The first-order valence-corrected chi connectivity index (χ1v) is 7.02. The van der Waals surface area contributed by atoms with E-state index in [2.05, 4.69) is 36.4 Å². The maximum Gasteiger partial charge on any atom is 0.0780 e. The molecule has 1 atom stereocenters. The Labute approximate surface area is 110 Å². The van der Waals surface area contributed by atoms with E-state index in [4.69, 9.17) is 4.74 Å². The van der Waals surface area contributed by atoms with Crippen LogP contribution in [0.3, 0.4) is 0 Å². The number of rotatable bonds is 10. The van der Waals surface area contributed by atoms with Crippen LogP contribution in [0.15, 0.2) is 6.20 Å². The highest BCUT2D eigenvalue weighted by Gasteiger charge is 2.16. The van der Waals surface area contributed by atoms with Crippen molar-refractivity contribution < 1.29 is 4.74 Å². The highest BCUT2D eigenvalue weighted by atomic mass is 16.5. The first-order valence-electron chi connectivity index (χ1n) is 7.02. The van der Waals surface area contributed by atoms with Crippen molar-refractivity contribution in [2.75, 3.05) is 19.8 Å². The van der Waals surface area contributed by atoms with E-state index in [1.807, 2.05) is 10.9 Å². The summed E-state index contributed by atoms with van der Waals surface area (Å²) in [5, 5.41) is 11.7. The molecule has 0 aliphatic heterocycles. The molecule has 0 saturated heterocycles. The quantitative estimate of drug-likeness (QED) is 0.650.